The Hall–Kier alpha value is -7.85. The van der Waals surface area contributed by atoms with Crippen LogP contribution >= 0.6 is 10.0 Å². The topological polar surface area (TPSA) is 9.86 Å². The van der Waals surface area contributed by atoms with Gasteiger partial charge in [-0.05, 0) is 125 Å². The van der Waals surface area contributed by atoms with Crippen LogP contribution in [0.25, 0.3) is 77.2 Å². The van der Waals surface area contributed by atoms with Gasteiger partial charge >= 0.3 is 0 Å². The van der Waals surface area contributed by atoms with E-state index in [9.17, 15) is 0 Å². The number of rotatable bonds is 8. The molecular formula is C60H42N2S. The molecule has 2 nitrogen and oxygen atoms in total. The number of hydrogen-bond acceptors (Lipinski definition) is 0. The van der Waals surface area contributed by atoms with E-state index in [4.69, 9.17) is 0 Å². The summed E-state index contributed by atoms with van der Waals surface area (Å²) in [5, 5.41) is 4.97. The average Bonchev–Trinajstić information content (AvgIpc) is 3.88. The van der Waals surface area contributed by atoms with E-state index >= 15 is 0 Å². The quantitative estimate of drug-likeness (QED) is 0.144. The number of benzene rings is 10. The summed E-state index contributed by atoms with van der Waals surface area (Å²) in [6.45, 7) is 0. The highest BCUT2D eigenvalue weighted by molar-refractivity contribution is 8.34. The molecule has 0 aliphatic carbocycles. The zero-order chi connectivity index (χ0) is 41.7. The molecule has 0 saturated heterocycles. The number of aromatic nitrogens is 2. The van der Waals surface area contributed by atoms with Crippen LogP contribution in [0.5, 0.6) is 0 Å². The SMILES string of the molecule is c1ccc(-c2cccc(-n3c4ccccc4c4cc(-c5ccc6c(c5)c5ccccc5n6-c5cccc(S(c6ccccc6)(c6ccccc6)c6ccccc6)c5)ccc43)c2)cc1. The maximum Gasteiger partial charge on any atom is 0.0541 e. The predicted octanol–water partition coefficient (Wildman–Crippen LogP) is 16.6. The zero-order valence-corrected chi connectivity index (χ0v) is 35.4. The minimum absolute atomic E-state index is 1.15. The fourth-order valence-electron chi connectivity index (χ4n) is 9.82. The molecule has 0 aliphatic rings. The molecule has 63 heavy (non-hydrogen) atoms. The van der Waals surface area contributed by atoms with Crippen molar-refractivity contribution in [3.8, 4) is 33.6 Å². The van der Waals surface area contributed by atoms with Crippen molar-refractivity contribution in [3.63, 3.8) is 0 Å². The lowest BCUT2D eigenvalue weighted by molar-refractivity contribution is 1.15. The van der Waals surface area contributed by atoms with Gasteiger partial charge in [-0.3, -0.25) is 0 Å². The van der Waals surface area contributed by atoms with E-state index in [2.05, 4.69) is 264 Å². The van der Waals surface area contributed by atoms with Gasteiger partial charge < -0.3 is 9.13 Å². The highest BCUT2D eigenvalue weighted by atomic mass is 32.3. The number of para-hydroxylation sites is 2. The molecule has 0 bridgehead atoms. The molecule has 12 aromatic rings. The summed E-state index contributed by atoms with van der Waals surface area (Å²) in [5.74, 6) is 0. The summed E-state index contributed by atoms with van der Waals surface area (Å²) in [7, 11) is -1.85. The number of hydrogen-bond donors (Lipinski definition) is 0. The molecule has 0 fully saturated rings. The fraction of sp³-hybridized carbons (Fsp3) is 0. The van der Waals surface area contributed by atoms with E-state index in [1.807, 2.05) is 0 Å². The second-order valence-corrected chi connectivity index (χ2v) is 19.2. The monoisotopic (exact) mass is 822 g/mol. The lowest BCUT2D eigenvalue weighted by atomic mass is 10.0. The van der Waals surface area contributed by atoms with Gasteiger partial charge in [0.05, 0.1) is 22.1 Å². The van der Waals surface area contributed by atoms with Gasteiger partial charge in [-0.2, -0.15) is 0 Å². The molecule has 0 amide bonds. The zero-order valence-electron chi connectivity index (χ0n) is 34.6. The molecule has 0 radical (unpaired) electrons. The predicted molar refractivity (Wildman–Crippen MR) is 266 cm³/mol. The molecule has 0 aliphatic heterocycles. The van der Waals surface area contributed by atoms with Crippen molar-refractivity contribution < 1.29 is 0 Å². The normalized spacial score (nSPS) is 12.1. The largest absolute Gasteiger partial charge is 0.309 e. The van der Waals surface area contributed by atoms with E-state index in [1.54, 1.807) is 0 Å². The molecular weight excluding hydrogens is 781 g/mol. The summed E-state index contributed by atoms with van der Waals surface area (Å²) in [5.41, 5.74) is 11.9. The summed E-state index contributed by atoms with van der Waals surface area (Å²) < 4.78 is 4.87. The minimum atomic E-state index is -1.85. The Morgan fingerprint density at radius 2 is 0.587 bits per heavy atom. The van der Waals surface area contributed by atoms with Crippen LogP contribution in [-0.4, -0.2) is 9.13 Å². The van der Waals surface area contributed by atoms with E-state index in [0.29, 0.717) is 0 Å². The van der Waals surface area contributed by atoms with Crippen molar-refractivity contribution in [1.29, 1.82) is 0 Å². The lowest BCUT2D eigenvalue weighted by Crippen LogP contribution is -2.06. The summed E-state index contributed by atoms with van der Waals surface area (Å²) in [4.78, 5) is 5.23. The van der Waals surface area contributed by atoms with E-state index in [1.165, 1.54) is 85.4 Å². The Morgan fingerprint density at radius 3 is 1.10 bits per heavy atom. The first-order valence-corrected chi connectivity index (χ1v) is 23.2. The van der Waals surface area contributed by atoms with Crippen LogP contribution < -0.4 is 0 Å². The highest BCUT2D eigenvalue weighted by Gasteiger charge is 2.33. The Morgan fingerprint density at radius 1 is 0.222 bits per heavy atom. The molecule has 2 heterocycles. The Kier molecular flexibility index (Phi) is 8.95. The van der Waals surface area contributed by atoms with Gasteiger partial charge in [-0.25, -0.2) is 0 Å². The summed E-state index contributed by atoms with van der Waals surface area (Å²) in [6.07, 6.45) is 0. The Labute approximate surface area is 368 Å². The third-order valence-corrected chi connectivity index (χ3v) is 16.5. The van der Waals surface area contributed by atoms with Crippen LogP contribution in [0.4, 0.5) is 0 Å². The van der Waals surface area contributed by atoms with Crippen molar-refractivity contribution in [2.45, 2.75) is 19.6 Å². The molecule has 0 N–H and O–H groups in total. The first-order chi connectivity index (χ1) is 31.3. The molecule has 298 valence electrons. The Balaban J connectivity index is 1.01. The first-order valence-electron chi connectivity index (χ1n) is 21.6. The third kappa shape index (κ3) is 6.04. The fourth-order valence-corrected chi connectivity index (χ4v) is 13.7. The second kappa shape index (κ2) is 15.3. The third-order valence-electron chi connectivity index (χ3n) is 12.6. The van der Waals surface area contributed by atoms with Gasteiger partial charge in [-0.1, -0.05) is 152 Å². The summed E-state index contributed by atoms with van der Waals surface area (Å²) >= 11 is 0. The van der Waals surface area contributed by atoms with E-state index in [0.717, 1.165) is 11.4 Å². The van der Waals surface area contributed by atoms with Gasteiger partial charge in [0, 0.05) is 52.5 Å². The molecule has 2 aromatic heterocycles. The van der Waals surface area contributed by atoms with Gasteiger partial charge in [0.1, 0.15) is 0 Å². The molecule has 0 atom stereocenters. The highest BCUT2D eigenvalue weighted by Crippen LogP contribution is 2.73. The van der Waals surface area contributed by atoms with Crippen LogP contribution in [0.15, 0.2) is 274 Å². The molecule has 10 aromatic carbocycles. The second-order valence-electron chi connectivity index (χ2n) is 16.1. The van der Waals surface area contributed by atoms with Crippen LogP contribution in [0.1, 0.15) is 0 Å². The standard InChI is InChI=1S/C60H42N2S/c1-5-19-43(20-6-1)44-21-17-22-47(39-44)61-57-33-15-13-31-53(57)55-40-45(35-37-59(55)61)46-36-38-60-56(41-46)54-32-14-16-34-58(54)62(60)48-23-18-30-52(42-48)63(49-24-7-2-8-25-49,50-26-9-3-10-27-50)51-28-11-4-12-29-51/h1-42H. The molecule has 0 spiro atoms. The average molecular weight is 823 g/mol. The maximum absolute atomic E-state index is 2.46. The van der Waals surface area contributed by atoms with E-state index in [-0.39, 0.29) is 0 Å². The van der Waals surface area contributed by atoms with Crippen molar-refractivity contribution in [1.82, 2.24) is 9.13 Å². The van der Waals surface area contributed by atoms with Gasteiger partial charge in [0.2, 0.25) is 0 Å². The number of nitrogens with zero attached hydrogens (tertiary/aromatic N) is 2. The smallest absolute Gasteiger partial charge is 0.0541 e. The van der Waals surface area contributed by atoms with Crippen LogP contribution in [0.3, 0.4) is 0 Å². The minimum Gasteiger partial charge on any atom is -0.309 e. The molecule has 3 heteroatoms. The Bertz CT molecular complexity index is 3510. The van der Waals surface area contributed by atoms with E-state index < -0.39 is 10.0 Å². The van der Waals surface area contributed by atoms with Crippen molar-refractivity contribution in [2.24, 2.45) is 0 Å². The lowest BCUT2D eigenvalue weighted by Gasteiger charge is -2.42. The van der Waals surface area contributed by atoms with Crippen molar-refractivity contribution in [3.05, 3.63) is 255 Å². The van der Waals surface area contributed by atoms with Gasteiger partial charge in [0.15, 0.2) is 0 Å². The van der Waals surface area contributed by atoms with Crippen LogP contribution in [-0.2, 0) is 0 Å². The molecule has 0 saturated carbocycles. The molecule has 12 rings (SSSR count). The van der Waals surface area contributed by atoms with Crippen molar-refractivity contribution >= 4 is 53.6 Å². The van der Waals surface area contributed by atoms with Crippen molar-refractivity contribution in [2.75, 3.05) is 0 Å². The van der Waals surface area contributed by atoms with Crippen LogP contribution in [0.2, 0.25) is 0 Å². The summed E-state index contributed by atoms with van der Waals surface area (Å²) in [6, 6.07) is 93.8. The van der Waals surface area contributed by atoms with Gasteiger partial charge in [0.25, 0.3) is 0 Å². The first kappa shape index (κ1) is 37.0. The maximum atomic E-state index is 2.46. The molecule has 0 unspecified atom stereocenters. The van der Waals surface area contributed by atoms with Gasteiger partial charge in [-0.15, -0.1) is 10.0 Å². The number of fused-ring (bicyclic) bond motifs is 6. The van der Waals surface area contributed by atoms with Crippen LogP contribution in [0, 0.1) is 0 Å².